The highest BCUT2D eigenvalue weighted by Gasteiger charge is 2.41. The molecule has 9 rings (SSSR count). The first-order valence-electron chi connectivity index (χ1n) is 15.2. The minimum absolute atomic E-state index is 0.289. The zero-order chi connectivity index (χ0) is 29.4. The summed E-state index contributed by atoms with van der Waals surface area (Å²) in [5.74, 6) is 0.753. The predicted molar refractivity (Wildman–Crippen MR) is 182 cm³/mol. The molecule has 0 saturated heterocycles. The maximum absolute atomic E-state index is 5.38. The lowest BCUT2D eigenvalue weighted by Gasteiger charge is -2.25. The summed E-state index contributed by atoms with van der Waals surface area (Å²) in [4.78, 5) is 10.7. The van der Waals surface area contributed by atoms with Gasteiger partial charge in [0.2, 0.25) is 0 Å². The maximum atomic E-state index is 5.38. The van der Waals surface area contributed by atoms with E-state index < -0.39 is 0 Å². The lowest BCUT2D eigenvalue weighted by molar-refractivity contribution is 0.663. The van der Waals surface area contributed by atoms with Gasteiger partial charge in [-0.1, -0.05) is 123 Å². The van der Waals surface area contributed by atoms with Crippen molar-refractivity contribution in [3.05, 3.63) is 151 Å². The summed E-state index contributed by atoms with van der Waals surface area (Å²) in [5, 5.41) is 4.98. The molecule has 0 N–H and O–H groups in total. The van der Waals surface area contributed by atoms with E-state index in [1.165, 1.54) is 49.3 Å². The van der Waals surface area contributed by atoms with Crippen molar-refractivity contribution in [3.8, 4) is 39.6 Å². The van der Waals surface area contributed by atoms with Crippen molar-refractivity contribution < 1.29 is 0 Å². The highest BCUT2D eigenvalue weighted by atomic mass is 15.0. The Hall–Kier alpha value is -5.54. The van der Waals surface area contributed by atoms with Crippen molar-refractivity contribution in [2.75, 3.05) is 0 Å². The number of rotatable bonds is 3. The Balaban J connectivity index is 1.36. The fourth-order valence-corrected chi connectivity index (χ4v) is 7.42. The predicted octanol–water partition coefficient (Wildman–Crippen LogP) is 10.4. The van der Waals surface area contributed by atoms with Crippen LogP contribution in [0, 0.1) is 0 Å². The molecule has 0 spiro atoms. The van der Waals surface area contributed by atoms with Gasteiger partial charge in [-0.2, -0.15) is 0 Å². The summed E-state index contributed by atoms with van der Waals surface area (Å²) in [6, 6.07) is 49.7. The molecule has 0 radical (unpaired) electrons. The van der Waals surface area contributed by atoms with Crippen molar-refractivity contribution in [1.29, 1.82) is 0 Å². The van der Waals surface area contributed by atoms with Crippen molar-refractivity contribution in [3.63, 3.8) is 0 Å². The van der Waals surface area contributed by atoms with Gasteiger partial charge in [0.1, 0.15) is 0 Å². The van der Waals surface area contributed by atoms with Gasteiger partial charge < -0.3 is 4.57 Å². The Labute approximate surface area is 256 Å². The van der Waals surface area contributed by atoms with Gasteiger partial charge in [0.15, 0.2) is 5.82 Å². The molecule has 3 nitrogen and oxygen atoms in total. The van der Waals surface area contributed by atoms with Gasteiger partial charge in [0.05, 0.1) is 22.4 Å². The second-order valence-corrected chi connectivity index (χ2v) is 12.2. The lowest BCUT2D eigenvalue weighted by atomic mass is 9.78. The van der Waals surface area contributed by atoms with Crippen LogP contribution in [-0.4, -0.2) is 14.5 Å². The summed E-state index contributed by atoms with van der Waals surface area (Å²) in [6.07, 6.45) is 0. The molecule has 6 aromatic carbocycles. The molecule has 1 aliphatic carbocycles. The van der Waals surface area contributed by atoms with Gasteiger partial charge >= 0.3 is 0 Å². The molecule has 3 heteroatoms. The van der Waals surface area contributed by atoms with Gasteiger partial charge in [0, 0.05) is 44.1 Å². The van der Waals surface area contributed by atoms with E-state index in [4.69, 9.17) is 9.97 Å². The van der Waals surface area contributed by atoms with E-state index in [1.807, 2.05) is 6.07 Å². The molecule has 2 heterocycles. The summed E-state index contributed by atoms with van der Waals surface area (Å²) in [7, 11) is 0. The largest absolute Gasteiger partial charge is 0.309 e. The van der Waals surface area contributed by atoms with E-state index in [1.54, 1.807) is 0 Å². The van der Waals surface area contributed by atoms with E-state index in [2.05, 4.69) is 152 Å². The van der Waals surface area contributed by atoms with Crippen molar-refractivity contribution >= 4 is 32.6 Å². The molecule has 0 amide bonds. The van der Waals surface area contributed by atoms with Crippen LogP contribution in [0.2, 0.25) is 0 Å². The van der Waals surface area contributed by atoms with E-state index in [0.29, 0.717) is 0 Å². The summed E-state index contributed by atoms with van der Waals surface area (Å²) >= 11 is 0. The molecule has 208 valence electrons. The molecule has 0 bridgehead atoms. The zero-order valence-electron chi connectivity index (χ0n) is 24.6. The summed E-state index contributed by atoms with van der Waals surface area (Å²) in [6.45, 7) is 4.66. The van der Waals surface area contributed by atoms with Crippen LogP contribution in [0.4, 0.5) is 0 Å². The Morgan fingerprint density at radius 3 is 1.98 bits per heavy atom. The third-order valence-corrected chi connectivity index (χ3v) is 9.34. The maximum Gasteiger partial charge on any atom is 0.160 e. The quantitative estimate of drug-likeness (QED) is 0.214. The first kappa shape index (κ1) is 25.0. The molecular formula is C41H29N3. The molecule has 44 heavy (non-hydrogen) atoms. The van der Waals surface area contributed by atoms with Crippen LogP contribution in [0.3, 0.4) is 0 Å². The first-order chi connectivity index (χ1) is 21.6. The molecule has 2 aromatic heterocycles. The van der Waals surface area contributed by atoms with E-state index >= 15 is 0 Å². The van der Waals surface area contributed by atoms with Crippen LogP contribution in [0.5, 0.6) is 0 Å². The van der Waals surface area contributed by atoms with E-state index in [0.717, 1.165) is 34.0 Å². The fourth-order valence-electron chi connectivity index (χ4n) is 7.42. The third-order valence-electron chi connectivity index (χ3n) is 9.34. The van der Waals surface area contributed by atoms with Crippen LogP contribution in [0.25, 0.3) is 72.2 Å². The second kappa shape index (κ2) is 9.23. The molecular weight excluding hydrogens is 534 g/mol. The fraction of sp³-hybridized carbons (Fsp3) is 0.0732. The van der Waals surface area contributed by atoms with Crippen LogP contribution >= 0.6 is 0 Å². The second-order valence-electron chi connectivity index (χ2n) is 12.2. The van der Waals surface area contributed by atoms with Crippen LogP contribution in [0.1, 0.15) is 25.0 Å². The van der Waals surface area contributed by atoms with E-state index in [-0.39, 0.29) is 5.41 Å². The standard InChI is InChI=1S/C41H29N3/c1-41(2)36-30-18-10-9-13-26(30)21-23-32(36)39-37(41)38(42-40(43-39)27-14-5-3-6-15-27)28-22-24-35-33(25-28)31-19-11-12-20-34(31)44(35)29-16-7-4-8-17-29/h3-25H,1-2H3. The van der Waals surface area contributed by atoms with Crippen LogP contribution < -0.4 is 0 Å². The number of hydrogen-bond acceptors (Lipinski definition) is 2. The molecule has 8 aromatic rings. The average Bonchev–Trinajstić information content (AvgIpc) is 3.53. The zero-order valence-corrected chi connectivity index (χ0v) is 24.6. The number of nitrogens with zero attached hydrogens (tertiary/aromatic N) is 3. The topological polar surface area (TPSA) is 30.7 Å². The SMILES string of the molecule is CC1(C)c2c(-c3ccc4c(c3)c3ccccc3n4-c3ccccc3)nc(-c3ccccc3)nc2-c2ccc3ccccc3c21. The Morgan fingerprint density at radius 2 is 1.16 bits per heavy atom. The number of para-hydroxylation sites is 2. The number of hydrogen-bond donors (Lipinski definition) is 0. The molecule has 1 aliphatic rings. The minimum atomic E-state index is -0.289. The summed E-state index contributed by atoms with van der Waals surface area (Å²) < 4.78 is 2.36. The minimum Gasteiger partial charge on any atom is -0.309 e. The highest BCUT2D eigenvalue weighted by Crippen LogP contribution is 2.53. The van der Waals surface area contributed by atoms with Crippen LogP contribution in [-0.2, 0) is 5.41 Å². The van der Waals surface area contributed by atoms with Crippen molar-refractivity contribution in [1.82, 2.24) is 14.5 Å². The molecule has 0 aliphatic heterocycles. The van der Waals surface area contributed by atoms with Gasteiger partial charge in [0.25, 0.3) is 0 Å². The number of aromatic nitrogens is 3. The van der Waals surface area contributed by atoms with E-state index in [9.17, 15) is 0 Å². The third kappa shape index (κ3) is 3.50. The normalized spacial score (nSPS) is 13.4. The first-order valence-corrected chi connectivity index (χ1v) is 15.2. The molecule has 0 unspecified atom stereocenters. The highest BCUT2D eigenvalue weighted by molar-refractivity contribution is 6.10. The van der Waals surface area contributed by atoms with Crippen molar-refractivity contribution in [2.45, 2.75) is 19.3 Å². The number of fused-ring (bicyclic) bond motifs is 8. The molecule has 0 atom stereocenters. The van der Waals surface area contributed by atoms with Crippen molar-refractivity contribution in [2.24, 2.45) is 0 Å². The van der Waals surface area contributed by atoms with Gasteiger partial charge in [-0.05, 0) is 46.7 Å². The molecule has 0 saturated carbocycles. The Bertz CT molecular complexity index is 2400. The van der Waals surface area contributed by atoms with Gasteiger partial charge in [-0.25, -0.2) is 9.97 Å². The lowest BCUT2D eigenvalue weighted by Crippen LogP contribution is -2.18. The van der Waals surface area contributed by atoms with Crippen LogP contribution in [0.15, 0.2) is 140 Å². The Kier molecular flexibility index (Phi) is 5.24. The van der Waals surface area contributed by atoms with Gasteiger partial charge in [-0.3, -0.25) is 0 Å². The average molecular weight is 564 g/mol. The number of benzene rings is 6. The summed E-state index contributed by atoms with van der Waals surface area (Å²) in [5.41, 5.74) is 11.1. The monoisotopic (exact) mass is 563 g/mol. The Morgan fingerprint density at radius 1 is 0.500 bits per heavy atom. The smallest absolute Gasteiger partial charge is 0.160 e. The van der Waals surface area contributed by atoms with Gasteiger partial charge in [-0.15, -0.1) is 0 Å². The molecule has 0 fully saturated rings.